The first-order chi connectivity index (χ1) is 8.03. The lowest BCUT2D eigenvalue weighted by atomic mass is 9.79. The number of rotatable bonds is 2. The molecule has 0 spiro atoms. The van der Waals surface area contributed by atoms with Gasteiger partial charge >= 0.3 is 0 Å². The van der Waals surface area contributed by atoms with E-state index < -0.39 is 0 Å². The van der Waals surface area contributed by atoms with Gasteiger partial charge in [-0.05, 0) is 42.0 Å². The average Bonchev–Trinajstić information content (AvgIpc) is 2.39. The molecule has 0 radical (unpaired) electrons. The first-order valence-electron chi connectivity index (χ1n) is 6.16. The monoisotopic (exact) mass is 232 g/mol. The molecule has 0 unspecified atom stereocenters. The van der Waals surface area contributed by atoms with Crippen LogP contribution in [0.2, 0.25) is 0 Å². The second-order valence-corrected chi connectivity index (χ2v) is 5.35. The zero-order chi connectivity index (χ0) is 12.5. The van der Waals surface area contributed by atoms with Gasteiger partial charge < -0.3 is 11.1 Å². The van der Waals surface area contributed by atoms with Crippen molar-refractivity contribution in [3.05, 3.63) is 29.3 Å². The molecule has 1 aromatic rings. The lowest BCUT2D eigenvalue weighted by molar-refractivity contribution is -0.116. The van der Waals surface area contributed by atoms with Crippen molar-refractivity contribution in [1.82, 2.24) is 0 Å². The number of hydrogen-bond acceptors (Lipinski definition) is 2. The van der Waals surface area contributed by atoms with Crippen molar-refractivity contribution >= 4 is 11.6 Å². The number of nitrogens with one attached hydrogen (secondary N) is 1. The summed E-state index contributed by atoms with van der Waals surface area (Å²) in [6.45, 7) is 5.04. The Hall–Kier alpha value is -1.35. The minimum absolute atomic E-state index is 0.0408. The van der Waals surface area contributed by atoms with E-state index in [2.05, 4.69) is 25.2 Å². The third-order valence-electron chi connectivity index (χ3n) is 3.50. The van der Waals surface area contributed by atoms with Crippen molar-refractivity contribution in [3.63, 3.8) is 0 Å². The lowest BCUT2D eigenvalue weighted by Gasteiger charge is -2.25. The highest BCUT2D eigenvalue weighted by Crippen LogP contribution is 2.37. The first kappa shape index (κ1) is 12.1. The largest absolute Gasteiger partial charge is 0.330 e. The van der Waals surface area contributed by atoms with Gasteiger partial charge in [-0.25, -0.2) is 0 Å². The molecule has 0 atom stereocenters. The van der Waals surface area contributed by atoms with Crippen LogP contribution in [0.1, 0.15) is 37.8 Å². The van der Waals surface area contributed by atoms with Crippen LogP contribution in [-0.4, -0.2) is 12.5 Å². The van der Waals surface area contributed by atoms with Crippen LogP contribution >= 0.6 is 0 Å². The number of anilines is 1. The number of carbonyl (C=O) groups is 1. The van der Waals surface area contributed by atoms with E-state index >= 15 is 0 Å². The van der Waals surface area contributed by atoms with E-state index in [0.717, 1.165) is 18.5 Å². The van der Waals surface area contributed by atoms with Crippen molar-refractivity contribution < 1.29 is 4.79 Å². The van der Waals surface area contributed by atoms with E-state index in [0.29, 0.717) is 13.0 Å². The number of carbonyl (C=O) groups excluding carboxylic acids is 1. The van der Waals surface area contributed by atoms with E-state index in [1.54, 1.807) is 0 Å². The Kier molecular flexibility index (Phi) is 3.20. The fourth-order valence-corrected chi connectivity index (χ4v) is 2.36. The van der Waals surface area contributed by atoms with Crippen LogP contribution < -0.4 is 11.1 Å². The van der Waals surface area contributed by atoms with Gasteiger partial charge in [0, 0.05) is 12.1 Å². The number of amides is 1. The lowest BCUT2D eigenvalue weighted by Crippen LogP contribution is -2.17. The van der Waals surface area contributed by atoms with E-state index in [1.165, 1.54) is 11.1 Å². The highest BCUT2D eigenvalue weighted by Gasteiger charge is 2.28. The topological polar surface area (TPSA) is 55.1 Å². The molecule has 1 amide bonds. The molecule has 0 aliphatic carbocycles. The zero-order valence-corrected chi connectivity index (χ0v) is 10.5. The van der Waals surface area contributed by atoms with Crippen molar-refractivity contribution in [2.45, 2.75) is 38.5 Å². The predicted molar refractivity (Wildman–Crippen MR) is 70.1 cm³/mol. The molecule has 0 aromatic heterocycles. The Morgan fingerprint density at radius 3 is 2.88 bits per heavy atom. The summed E-state index contributed by atoms with van der Waals surface area (Å²) in [5.41, 5.74) is 9.06. The number of benzene rings is 1. The molecule has 0 bridgehead atoms. The van der Waals surface area contributed by atoms with Crippen molar-refractivity contribution in [1.29, 1.82) is 0 Å². The van der Waals surface area contributed by atoms with Crippen LogP contribution in [0.3, 0.4) is 0 Å². The maximum Gasteiger partial charge on any atom is 0.224 e. The molecule has 0 saturated heterocycles. The molecule has 3 nitrogen and oxygen atoms in total. The van der Waals surface area contributed by atoms with Crippen LogP contribution in [0.25, 0.3) is 0 Å². The van der Waals surface area contributed by atoms with Gasteiger partial charge in [-0.1, -0.05) is 26.0 Å². The molecule has 1 aliphatic heterocycles. The molecule has 0 fully saturated rings. The molecule has 3 heteroatoms. The van der Waals surface area contributed by atoms with Gasteiger partial charge in [0.05, 0.1) is 0 Å². The standard InChI is InChI=1S/C14H20N2O/c1-14(2)7-5-13(17)16-12-4-3-10(6-8-15)9-11(12)14/h3-4,9H,5-8,15H2,1-2H3,(H,16,17). The van der Waals surface area contributed by atoms with E-state index in [1.807, 2.05) is 12.1 Å². The Labute approximate surface area is 102 Å². The van der Waals surface area contributed by atoms with Gasteiger partial charge in [0.25, 0.3) is 0 Å². The van der Waals surface area contributed by atoms with Crippen molar-refractivity contribution in [2.24, 2.45) is 5.73 Å². The Bertz CT molecular complexity index is 438. The van der Waals surface area contributed by atoms with Crippen molar-refractivity contribution in [2.75, 3.05) is 11.9 Å². The normalized spacial score (nSPS) is 18.2. The molecule has 0 saturated carbocycles. The van der Waals surface area contributed by atoms with Crippen LogP contribution in [-0.2, 0) is 16.6 Å². The fraction of sp³-hybridized carbons (Fsp3) is 0.500. The highest BCUT2D eigenvalue weighted by atomic mass is 16.1. The predicted octanol–water partition coefficient (Wildman–Crippen LogP) is 2.20. The minimum atomic E-state index is 0.0408. The second kappa shape index (κ2) is 4.49. The SMILES string of the molecule is CC1(C)CCC(=O)Nc2ccc(CCN)cc21. The van der Waals surface area contributed by atoms with Gasteiger partial charge in [-0.2, -0.15) is 0 Å². The van der Waals surface area contributed by atoms with E-state index in [-0.39, 0.29) is 11.3 Å². The summed E-state index contributed by atoms with van der Waals surface area (Å²) in [4.78, 5) is 11.6. The Morgan fingerprint density at radius 1 is 1.41 bits per heavy atom. The summed E-state index contributed by atoms with van der Waals surface area (Å²) < 4.78 is 0. The summed E-state index contributed by atoms with van der Waals surface area (Å²) in [5, 5.41) is 2.98. The first-order valence-corrected chi connectivity index (χ1v) is 6.16. The maximum atomic E-state index is 11.6. The molecule has 1 aliphatic rings. The zero-order valence-electron chi connectivity index (χ0n) is 10.5. The van der Waals surface area contributed by atoms with Gasteiger partial charge in [-0.3, -0.25) is 4.79 Å². The third kappa shape index (κ3) is 2.50. The molecule has 1 heterocycles. The maximum absolute atomic E-state index is 11.6. The minimum Gasteiger partial charge on any atom is -0.330 e. The summed E-state index contributed by atoms with van der Waals surface area (Å²) in [5.74, 6) is 0.114. The molecular formula is C14H20N2O. The average molecular weight is 232 g/mol. The highest BCUT2D eigenvalue weighted by molar-refractivity contribution is 5.92. The van der Waals surface area contributed by atoms with Crippen LogP contribution in [0, 0.1) is 0 Å². The number of hydrogen-bond donors (Lipinski definition) is 2. The summed E-state index contributed by atoms with van der Waals surface area (Å²) in [7, 11) is 0. The van der Waals surface area contributed by atoms with Crippen LogP contribution in [0.5, 0.6) is 0 Å². The summed E-state index contributed by atoms with van der Waals surface area (Å²) in [6, 6.07) is 6.24. The van der Waals surface area contributed by atoms with Crippen LogP contribution in [0.4, 0.5) is 5.69 Å². The second-order valence-electron chi connectivity index (χ2n) is 5.35. The number of fused-ring (bicyclic) bond motifs is 1. The Balaban J connectivity index is 2.45. The quantitative estimate of drug-likeness (QED) is 0.821. The third-order valence-corrected chi connectivity index (χ3v) is 3.50. The molecule has 92 valence electrons. The smallest absolute Gasteiger partial charge is 0.224 e. The van der Waals surface area contributed by atoms with E-state index in [9.17, 15) is 4.79 Å². The van der Waals surface area contributed by atoms with Crippen molar-refractivity contribution in [3.8, 4) is 0 Å². The van der Waals surface area contributed by atoms with E-state index in [4.69, 9.17) is 5.73 Å². The van der Waals surface area contributed by atoms with Gasteiger partial charge in [0.1, 0.15) is 0 Å². The summed E-state index contributed by atoms with van der Waals surface area (Å²) >= 11 is 0. The number of nitrogens with two attached hydrogens (primary N) is 1. The summed E-state index contributed by atoms with van der Waals surface area (Å²) in [6.07, 6.45) is 2.36. The Morgan fingerprint density at radius 2 is 2.18 bits per heavy atom. The molecule has 1 aromatic carbocycles. The van der Waals surface area contributed by atoms with Gasteiger partial charge in [-0.15, -0.1) is 0 Å². The fourth-order valence-electron chi connectivity index (χ4n) is 2.36. The molecule has 2 rings (SSSR count). The molecular weight excluding hydrogens is 212 g/mol. The van der Waals surface area contributed by atoms with Gasteiger partial charge in [0.2, 0.25) is 5.91 Å². The van der Waals surface area contributed by atoms with Gasteiger partial charge in [0.15, 0.2) is 0 Å². The molecule has 17 heavy (non-hydrogen) atoms. The van der Waals surface area contributed by atoms with Crippen LogP contribution in [0.15, 0.2) is 18.2 Å². The molecule has 3 N–H and O–H groups in total.